The predicted octanol–water partition coefficient (Wildman–Crippen LogP) is 3.39. The topological polar surface area (TPSA) is 84.9 Å². The number of nitrogens with one attached hydrogen (secondary N) is 1. The van der Waals surface area contributed by atoms with Crippen molar-refractivity contribution in [1.29, 1.82) is 0 Å². The number of hydrogen-bond acceptors (Lipinski definition) is 5. The van der Waals surface area contributed by atoms with Gasteiger partial charge in [-0.05, 0) is 38.1 Å². The first kappa shape index (κ1) is 22.8. The van der Waals surface area contributed by atoms with E-state index in [1.54, 1.807) is 32.2 Å². The maximum absolute atomic E-state index is 12.9. The van der Waals surface area contributed by atoms with Gasteiger partial charge in [0.2, 0.25) is 15.9 Å². The van der Waals surface area contributed by atoms with Crippen molar-refractivity contribution < 1.29 is 22.7 Å². The number of hydrogen-bond donors (Lipinski definition) is 1. The van der Waals surface area contributed by atoms with E-state index in [0.717, 1.165) is 16.1 Å². The third-order valence-corrected chi connectivity index (χ3v) is 5.89. The Morgan fingerprint density at radius 1 is 1.07 bits per heavy atom. The van der Waals surface area contributed by atoms with Gasteiger partial charge in [0.05, 0.1) is 32.2 Å². The molecular formula is C20H25ClN2O5S. The summed E-state index contributed by atoms with van der Waals surface area (Å²) in [6.07, 6.45) is 1.03. The number of methoxy groups -OCH3 is 2. The Morgan fingerprint density at radius 2 is 1.69 bits per heavy atom. The van der Waals surface area contributed by atoms with Crippen LogP contribution in [0.3, 0.4) is 0 Å². The number of carbonyl (C=O) groups excluding carboxylic acids is 1. The average Bonchev–Trinajstić information content (AvgIpc) is 2.67. The summed E-state index contributed by atoms with van der Waals surface area (Å²) >= 11 is 6.06. The van der Waals surface area contributed by atoms with Crippen molar-refractivity contribution in [3.63, 3.8) is 0 Å². The van der Waals surface area contributed by atoms with Crippen LogP contribution in [0.5, 0.6) is 11.5 Å². The first-order valence-electron chi connectivity index (χ1n) is 8.86. The van der Waals surface area contributed by atoms with E-state index in [4.69, 9.17) is 21.1 Å². The molecule has 0 bridgehead atoms. The summed E-state index contributed by atoms with van der Waals surface area (Å²) in [5.41, 5.74) is 0.969. The molecule has 1 amide bonds. The Bertz CT molecular complexity index is 981. The number of halogens is 1. The standard InChI is InChI=1S/C20H25ClN2O5S/c1-13(16-8-6-7-9-18(16)27-3)22-20(24)14(2)23(29(5,25)26)17-12-15(21)10-11-19(17)28-4/h6-14H,1-5H3,(H,22,24)/t13-,14-/m0/s1. The molecule has 2 aromatic rings. The lowest BCUT2D eigenvalue weighted by atomic mass is 10.1. The first-order chi connectivity index (χ1) is 13.6. The number of amides is 1. The molecule has 0 aliphatic carbocycles. The van der Waals surface area contributed by atoms with Gasteiger partial charge in [-0.1, -0.05) is 29.8 Å². The lowest BCUT2D eigenvalue weighted by Gasteiger charge is -2.30. The molecule has 9 heteroatoms. The van der Waals surface area contributed by atoms with Crippen LogP contribution < -0.4 is 19.1 Å². The van der Waals surface area contributed by atoms with Gasteiger partial charge in [0.25, 0.3) is 0 Å². The van der Waals surface area contributed by atoms with Crippen LogP contribution in [0.15, 0.2) is 42.5 Å². The predicted molar refractivity (Wildman–Crippen MR) is 114 cm³/mol. The molecule has 2 rings (SSSR count). The quantitative estimate of drug-likeness (QED) is 0.680. The second-order valence-electron chi connectivity index (χ2n) is 6.52. The van der Waals surface area contributed by atoms with Crippen molar-refractivity contribution in [3.8, 4) is 11.5 Å². The van der Waals surface area contributed by atoms with Crippen LogP contribution in [0.4, 0.5) is 5.69 Å². The second kappa shape index (κ2) is 9.37. The SMILES string of the molecule is COc1ccccc1[C@H](C)NC(=O)[C@H](C)N(c1cc(Cl)ccc1OC)S(C)(=O)=O. The number of para-hydroxylation sites is 1. The fourth-order valence-electron chi connectivity index (χ4n) is 3.05. The summed E-state index contributed by atoms with van der Waals surface area (Å²) in [6, 6.07) is 10.4. The summed E-state index contributed by atoms with van der Waals surface area (Å²) < 4.78 is 36.7. The average molecular weight is 441 g/mol. The lowest BCUT2D eigenvalue weighted by molar-refractivity contribution is -0.122. The van der Waals surface area contributed by atoms with Crippen LogP contribution in [-0.2, 0) is 14.8 Å². The number of ether oxygens (including phenoxy) is 2. The molecule has 0 spiro atoms. The zero-order valence-corrected chi connectivity index (χ0v) is 18.5. The van der Waals surface area contributed by atoms with E-state index >= 15 is 0 Å². The highest BCUT2D eigenvalue weighted by Crippen LogP contribution is 2.34. The van der Waals surface area contributed by atoms with Crippen molar-refractivity contribution in [1.82, 2.24) is 5.32 Å². The molecule has 0 radical (unpaired) electrons. The highest BCUT2D eigenvalue weighted by Gasteiger charge is 2.32. The van der Waals surface area contributed by atoms with Crippen molar-refractivity contribution in [2.24, 2.45) is 0 Å². The van der Waals surface area contributed by atoms with Gasteiger partial charge < -0.3 is 14.8 Å². The van der Waals surface area contributed by atoms with Gasteiger partial charge in [-0.2, -0.15) is 0 Å². The van der Waals surface area contributed by atoms with Crippen LogP contribution in [-0.4, -0.2) is 40.8 Å². The minimum atomic E-state index is -3.82. The Morgan fingerprint density at radius 3 is 2.28 bits per heavy atom. The molecule has 7 nitrogen and oxygen atoms in total. The lowest BCUT2D eigenvalue weighted by Crippen LogP contribution is -2.48. The third-order valence-electron chi connectivity index (χ3n) is 4.43. The van der Waals surface area contributed by atoms with Crippen LogP contribution >= 0.6 is 11.6 Å². The number of nitrogens with zero attached hydrogens (tertiary/aromatic N) is 1. The summed E-state index contributed by atoms with van der Waals surface area (Å²) in [4.78, 5) is 12.9. The molecule has 0 unspecified atom stereocenters. The highest BCUT2D eigenvalue weighted by molar-refractivity contribution is 7.92. The van der Waals surface area contributed by atoms with Gasteiger partial charge in [0.1, 0.15) is 17.5 Å². The maximum atomic E-state index is 12.9. The van der Waals surface area contributed by atoms with E-state index < -0.39 is 28.0 Å². The van der Waals surface area contributed by atoms with E-state index in [-0.39, 0.29) is 11.4 Å². The van der Waals surface area contributed by atoms with Crippen LogP contribution in [0.1, 0.15) is 25.5 Å². The van der Waals surface area contributed by atoms with E-state index in [1.807, 2.05) is 18.2 Å². The van der Waals surface area contributed by atoms with Crippen molar-refractivity contribution >= 4 is 33.2 Å². The number of anilines is 1. The highest BCUT2D eigenvalue weighted by atomic mass is 35.5. The van der Waals surface area contributed by atoms with E-state index in [1.165, 1.54) is 20.1 Å². The fourth-order valence-corrected chi connectivity index (χ4v) is 4.39. The largest absolute Gasteiger partial charge is 0.496 e. The summed E-state index contributed by atoms with van der Waals surface area (Å²) in [5, 5.41) is 3.17. The summed E-state index contributed by atoms with van der Waals surface area (Å²) in [5.74, 6) is 0.442. The number of carbonyl (C=O) groups is 1. The summed E-state index contributed by atoms with van der Waals surface area (Å²) in [7, 11) is -0.849. The first-order valence-corrected chi connectivity index (χ1v) is 11.1. The smallest absolute Gasteiger partial charge is 0.244 e. The number of rotatable bonds is 8. The Balaban J connectivity index is 2.36. The van der Waals surface area contributed by atoms with E-state index in [9.17, 15) is 13.2 Å². The molecule has 2 atom stereocenters. The second-order valence-corrected chi connectivity index (χ2v) is 8.82. The molecule has 0 aliphatic heterocycles. The van der Waals surface area contributed by atoms with Crippen LogP contribution in [0, 0.1) is 0 Å². The number of sulfonamides is 1. The van der Waals surface area contributed by atoms with Crippen molar-refractivity contribution in [2.75, 3.05) is 24.8 Å². The van der Waals surface area contributed by atoms with Gasteiger partial charge in [-0.15, -0.1) is 0 Å². The molecule has 0 saturated carbocycles. The van der Waals surface area contributed by atoms with E-state index in [0.29, 0.717) is 10.8 Å². The van der Waals surface area contributed by atoms with Gasteiger partial charge in [0.15, 0.2) is 0 Å². The molecule has 158 valence electrons. The molecule has 1 N–H and O–H groups in total. The Hall–Kier alpha value is -2.45. The fraction of sp³-hybridized carbons (Fsp3) is 0.350. The minimum absolute atomic E-state index is 0.190. The van der Waals surface area contributed by atoms with Crippen molar-refractivity contribution in [3.05, 3.63) is 53.1 Å². The van der Waals surface area contributed by atoms with Gasteiger partial charge in [-0.3, -0.25) is 9.10 Å². The van der Waals surface area contributed by atoms with E-state index in [2.05, 4.69) is 5.32 Å². The van der Waals surface area contributed by atoms with Gasteiger partial charge in [0, 0.05) is 10.6 Å². The molecule has 0 aliphatic rings. The third kappa shape index (κ3) is 5.33. The molecule has 0 aromatic heterocycles. The molecule has 2 aromatic carbocycles. The van der Waals surface area contributed by atoms with Gasteiger partial charge >= 0.3 is 0 Å². The Kier molecular flexibility index (Phi) is 7.37. The van der Waals surface area contributed by atoms with Crippen molar-refractivity contribution in [2.45, 2.75) is 25.9 Å². The zero-order chi connectivity index (χ0) is 21.8. The van der Waals surface area contributed by atoms with Crippen LogP contribution in [0.25, 0.3) is 0 Å². The molecule has 0 heterocycles. The molecule has 0 fully saturated rings. The maximum Gasteiger partial charge on any atom is 0.244 e. The summed E-state index contributed by atoms with van der Waals surface area (Å²) in [6.45, 7) is 3.30. The monoisotopic (exact) mass is 440 g/mol. The minimum Gasteiger partial charge on any atom is -0.496 e. The zero-order valence-electron chi connectivity index (χ0n) is 17.0. The normalized spacial score (nSPS) is 13.3. The molecule has 29 heavy (non-hydrogen) atoms. The molecule has 0 saturated heterocycles. The van der Waals surface area contributed by atoms with Gasteiger partial charge in [-0.25, -0.2) is 8.42 Å². The van der Waals surface area contributed by atoms with Crippen LogP contribution in [0.2, 0.25) is 5.02 Å². The molecular weight excluding hydrogens is 416 g/mol. The Labute approximate surface area is 176 Å². The number of benzene rings is 2.